The van der Waals surface area contributed by atoms with Crippen molar-refractivity contribution in [2.45, 2.75) is 0 Å². The quantitative estimate of drug-likeness (QED) is 0.0462. The van der Waals surface area contributed by atoms with Crippen LogP contribution in [0, 0.1) is 0 Å². The Bertz CT molecular complexity index is 3410. The number of aromatic hydroxyl groups is 9. The molecule has 9 N–H and O–H groups in total. The third kappa shape index (κ3) is 5.19. The van der Waals surface area contributed by atoms with Gasteiger partial charge < -0.3 is 54.8 Å². The molecule has 0 aliphatic rings. The fraction of sp³-hybridized carbons (Fsp3) is 0. The van der Waals surface area contributed by atoms with Crippen LogP contribution in [0.1, 0.15) is 0 Å². The van der Waals surface area contributed by atoms with Crippen molar-refractivity contribution in [3.05, 3.63) is 103 Å². The van der Waals surface area contributed by atoms with Crippen molar-refractivity contribution in [3.8, 4) is 108 Å². The van der Waals surface area contributed by atoms with E-state index in [0.29, 0.717) is 28.4 Å². The molecule has 0 aliphatic heterocycles. The van der Waals surface area contributed by atoms with E-state index >= 15 is 0 Å². The molecule has 0 saturated carbocycles. The molecule has 292 valence electrons. The minimum Gasteiger partial charge on any atom is -0.505 e. The molecule has 3 heterocycles. The van der Waals surface area contributed by atoms with Crippen LogP contribution in [0.2, 0.25) is 0 Å². The number of hydrogen-bond acceptors (Lipinski definition) is 14. The minimum absolute atomic E-state index is 0.00416. The maximum absolute atomic E-state index is 11.5. The van der Waals surface area contributed by atoms with Crippen molar-refractivity contribution >= 4 is 57.2 Å². The number of phenolic OH excluding ortho intramolecular Hbond substituents is 9. The van der Waals surface area contributed by atoms with Crippen LogP contribution < -0.4 is 5.46 Å². The van der Waals surface area contributed by atoms with Crippen LogP contribution in [-0.2, 0) is 0 Å². The van der Waals surface area contributed by atoms with E-state index in [9.17, 15) is 46.0 Å². The van der Waals surface area contributed by atoms with Crippen LogP contribution in [0.25, 0.3) is 100 Å². The van der Waals surface area contributed by atoms with Gasteiger partial charge in [0.1, 0.15) is 24.6 Å². The van der Waals surface area contributed by atoms with Crippen LogP contribution in [0.15, 0.2) is 112 Å². The molecule has 0 atom stereocenters. The number of nitrogens with zero attached hydrogens (tertiary/aromatic N) is 3. The van der Waals surface area contributed by atoms with Crippen LogP contribution >= 0.6 is 0 Å². The molecule has 0 aliphatic carbocycles. The molecule has 10 rings (SSSR count). The van der Waals surface area contributed by atoms with Crippen molar-refractivity contribution in [3.63, 3.8) is 0 Å². The first-order chi connectivity index (χ1) is 28.9. The van der Waals surface area contributed by atoms with Crippen molar-refractivity contribution < 1.29 is 54.8 Å². The van der Waals surface area contributed by atoms with Crippen molar-refractivity contribution in [2.75, 3.05) is 0 Å². The normalized spacial score (nSPS) is 11.7. The zero-order valence-corrected chi connectivity index (χ0v) is 31.0. The second-order valence-corrected chi connectivity index (χ2v) is 14.2. The Balaban J connectivity index is 1.27. The molecule has 0 fully saturated rings. The highest BCUT2D eigenvalue weighted by atomic mass is 16.4. The molecule has 10 aromatic rings. The first-order valence-electron chi connectivity index (χ1n) is 18.3. The summed E-state index contributed by atoms with van der Waals surface area (Å²) in [6.45, 7) is 0. The van der Waals surface area contributed by atoms with Crippen molar-refractivity contribution in [1.82, 2.24) is 15.0 Å². The van der Waals surface area contributed by atoms with Crippen LogP contribution in [0.5, 0.6) is 51.7 Å². The maximum atomic E-state index is 11.5. The highest BCUT2D eigenvalue weighted by Crippen LogP contribution is 2.59. The third-order valence-electron chi connectivity index (χ3n) is 10.7. The molecular weight excluding hydrogens is 769 g/mol. The second kappa shape index (κ2) is 13.0. The summed E-state index contributed by atoms with van der Waals surface area (Å²) in [6, 6.07) is 31.0. The summed E-state index contributed by atoms with van der Waals surface area (Å²) >= 11 is 0. The van der Waals surface area contributed by atoms with Crippen molar-refractivity contribution in [2.24, 2.45) is 0 Å². The van der Waals surface area contributed by atoms with Gasteiger partial charge in [-0.05, 0) is 34.8 Å². The highest BCUT2D eigenvalue weighted by molar-refractivity contribution is 6.41. The average molecular weight is 798 g/mol. The number of furan rings is 2. The van der Waals surface area contributed by atoms with E-state index in [-0.39, 0.29) is 39.5 Å². The molecule has 3 aromatic heterocycles. The number of aromatic nitrogens is 3. The van der Waals surface area contributed by atoms with Crippen LogP contribution in [-0.4, -0.2) is 68.8 Å². The zero-order valence-electron chi connectivity index (χ0n) is 31.0. The van der Waals surface area contributed by atoms with E-state index < -0.39 is 73.8 Å². The Morgan fingerprint density at radius 1 is 0.383 bits per heavy atom. The minimum atomic E-state index is -1.19. The predicted octanol–water partition coefficient (Wildman–Crippen LogP) is 7.61. The number of benzene rings is 7. The first kappa shape index (κ1) is 35.8. The number of para-hydroxylation sites is 1. The molecule has 0 spiro atoms. The lowest BCUT2D eigenvalue weighted by Gasteiger charge is -2.14. The first-order valence-corrected chi connectivity index (χ1v) is 18.3. The summed E-state index contributed by atoms with van der Waals surface area (Å²) in [5.74, 6) is -8.49. The van der Waals surface area contributed by atoms with Gasteiger partial charge >= 0.3 is 0 Å². The summed E-state index contributed by atoms with van der Waals surface area (Å²) in [5.41, 5.74) is 1.93. The summed E-state index contributed by atoms with van der Waals surface area (Å²) in [4.78, 5) is 14.5. The summed E-state index contributed by atoms with van der Waals surface area (Å²) in [6.07, 6.45) is 0. The number of rotatable bonds is 5. The van der Waals surface area contributed by atoms with Gasteiger partial charge in [0.15, 0.2) is 69.1 Å². The Labute approximate surface area is 337 Å². The zero-order chi connectivity index (χ0) is 41.7. The van der Waals surface area contributed by atoms with E-state index in [1.807, 2.05) is 91.0 Å². The van der Waals surface area contributed by atoms with Gasteiger partial charge in [0.2, 0.25) is 5.75 Å². The van der Waals surface area contributed by atoms with E-state index in [1.165, 1.54) is 7.85 Å². The number of hydrogen-bond donors (Lipinski definition) is 9. The standard InChI is InChI=1S/C45H28BN3O11/c46-33-32(42-30(36(54)39(33)57)31-38(56)40(58)37(55)29(41(31)60-42)28-34(52)24(50)17-25(51)35(28)53)45-48-43(20-12-10-19(11-13-20)18-6-2-1-3-7-18)47-44(49-45)21-14-15-23-22-8-4-5-9-26(22)59-27(23)16-21/h1-17,50-58H,46H2. The Morgan fingerprint density at radius 2 is 0.917 bits per heavy atom. The largest absolute Gasteiger partial charge is 0.505 e. The van der Waals surface area contributed by atoms with Gasteiger partial charge in [-0.25, -0.2) is 15.0 Å². The SMILES string of the molecule is Bc1c(O)c(O)c2c(oc3c(-c4c(O)c(O)cc(O)c4O)c(O)c(O)c(O)c32)c1-c1nc(-c2ccc(-c3ccccc3)cc2)nc(-c2ccc3c(c2)oc2ccccc23)n1. The van der Waals surface area contributed by atoms with Gasteiger partial charge in [0.25, 0.3) is 0 Å². The number of phenols is 9. The van der Waals surface area contributed by atoms with Gasteiger partial charge in [0.05, 0.1) is 27.5 Å². The van der Waals surface area contributed by atoms with Crippen molar-refractivity contribution in [1.29, 1.82) is 0 Å². The van der Waals surface area contributed by atoms with Crippen LogP contribution in [0.3, 0.4) is 0 Å². The average Bonchev–Trinajstić information content (AvgIpc) is 3.84. The Kier molecular flexibility index (Phi) is 7.74. The molecule has 7 aromatic carbocycles. The van der Waals surface area contributed by atoms with Gasteiger partial charge in [-0.15, -0.1) is 0 Å². The van der Waals surface area contributed by atoms with Crippen LogP contribution in [0.4, 0.5) is 0 Å². The lowest BCUT2D eigenvalue weighted by molar-refractivity contribution is 0.367. The molecule has 0 saturated heterocycles. The highest BCUT2D eigenvalue weighted by Gasteiger charge is 2.34. The lowest BCUT2D eigenvalue weighted by Crippen LogP contribution is -2.11. The van der Waals surface area contributed by atoms with E-state index in [0.717, 1.165) is 21.9 Å². The Hall–Kier alpha value is -8.59. The van der Waals surface area contributed by atoms with E-state index in [1.54, 1.807) is 6.07 Å². The molecular formula is C45H28BN3O11. The molecule has 0 bridgehead atoms. The van der Waals surface area contributed by atoms with Gasteiger partial charge in [-0.2, -0.15) is 0 Å². The predicted molar refractivity (Wildman–Crippen MR) is 225 cm³/mol. The van der Waals surface area contributed by atoms with Gasteiger partial charge in [-0.3, -0.25) is 0 Å². The van der Waals surface area contributed by atoms with Gasteiger partial charge in [0, 0.05) is 28.0 Å². The molecule has 0 amide bonds. The smallest absolute Gasteiger partial charge is 0.201 e. The maximum Gasteiger partial charge on any atom is 0.201 e. The molecule has 0 unspecified atom stereocenters. The molecule has 60 heavy (non-hydrogen) atoms. The van der Waals surface area contributed by atoms with Gasteiger partial charge in [-0.1, -0.05) is 78.9 Å². The van der Waals surface area contributed by atoms with E-state index in [2.05, 4.69) is 0 Å². The fourth-order valence-electron chi connectivity index (χ4n) is 7.70. The molecule has 14 nitrogen and oxygen atoms in total. The number of fused-ring (bicyclic) bond motifs is 6. The van der Waals surface area contributed by atoms with E-state index in [4.69, 9.17) is 23.8 Å². The summed E-state index contributed by atoms with van der Waals surface area (Å²) < 4.78 is 12.5. The molecule has 0 radical (unpaired) electrons. The topological polar surface area (TPSA) is 247 Å². The third-order valence-corrected chi connectivity index (χ3v) is 10.7. The Morgan fingerprint density at radius 3 is 1.62 bits per heavy atom. The summed E-state index contributed by atoms with van der Waals surface area (Å²) in [5, 5.41) is 99.8. The second-order valence-electron chi connectivity index (χ2n) is 14.2. The lowest BCUT2D eigenvalue weighted by atomic mass is 9.86. The molecule has 15 heteroatoms. The monoisotopic (exact) mass is 797 g/mol. The summed E-state index contributed by atoms with van der Waals surface area (Å²) in [7, 11) is 1.45. The fourth-order valence-corrected chi connectivity index (χ4v) is 7.70.